The molecule has 0 spiro atoms. The fourth-order valence-corrected chi connectivity index (χ4v) is 3.46. The number of allylic oxidation sites excluding steroid dienone is 1. The normalized spacial score (nSPS) is 14.2. The molecule has 1 heterocycles. The molecule has 0 bridgehead atoms. The van der Waals surface area contributed by atoms with Gasteiger partial charge in [0.05, 0.1) is 0 Å². The van der Waals surface area contributed by atoms with Gasteiger partial charge < -0.3 is 15.0 Å². The second-order valence-electron chi connectivity index (χ2n) is 7.01. The van der Waals surface area contributed by atoms with Gasteiger partial charge in [0.25, 0.3) is 5.91 Å². The predicted molar refractivity (Wildman–Crippen MR) is 102 cm³/mol. The lowest BCUT2D eigenvalue weighted by Crippen LogP contribution is -2.30. The van der Waals surface area contributed by atoms with Crippen molar-refractivity contribution >= 4 is 22.8 Å². The maximum absolute atomic E-state index is 12.2. The topological polar surface area (TPSA) is 71.2 Å². The summed E-state index contributed by atoms with van der Waals surface area (Å²) in [4.78, 5) is 27.1. The zero-order chi connectivity index (χ0) is 18.5. The molecule has 2 aromatic rings. The van der Waals surface area contributed by atoms with Crippen molar-refractivity contribution in [2.24, 2.45) is 0 Å². The maximum Gasteiger partial charge on any atom is 0.355 e. The van der Waals surface area contributed by atoms with Gasteiger partial charge in [-0.25, -0.2) is 4.79 Å². The molecule has 1 aliphatic rings. The third kappa shape index (κ3) is 4.54. The molecule has 0 radical (unpaired) electrons. The first-order valence-corrected chi connectivity index (χ1v) is 9.24. The number of hydrogen-bond acceptors (Lipinski definition) is 3. The van der Waals surface area contributed by atoms with Crippen LogP contribution < -0.4 is 5.32 Å². The molecule has 0 saturated carbocycles. The van der Waals surface area contributed by atoms with Crippen LogP contribution in [0.4, 0.5) is 0 Å². The Hall–Kier alpha value is -2.56. The van der Waals surface area contributed by atoms with Gasteiger partial charge in [-0.2, -0.15) is 0 Å². The highest BCUT2D eigenvalue weighted by molar-refractivity contribution is 5.96. The van der Waals surface area contributed by atoms with Crippen LogP contribution in [-0.2, 0) is 9.53 Å². The number of aromatic nitrogens is 1. The molecule has 1 aliphatic carbocycles. The molecule has 1 aromatic heterocycles. The number of carbonyl (C=O) groups excluding carboxylic acids is 2. The monoisotopic (exact) mass is 354 g/mol. The van der Waals surface area contributed by atoms with Gasteiger partial charge in [0.1, 0.15) is 5.69 Å². The van der Waals surface area contributed by atoms with Crippen molar-refractivity contribution in [1.29, 1.82) is 0 Å². The third-order valence-electron chi connectivity index (χ3n) is 4.80. The molecular formula is C21H26N2O3. The van der Waals surface area contributed by atoms with Crippen LogP contribution in [0.1, 0.15) is 53.7 Å². The first-order valence-electron chi connectivity index (χ1n) is 9.24. The Kier molecular flexibility index (Phi) is 5.76. The average Bonchev–Trinajstić information content (AvgIpc) is 3.05. The molecule has 3 rings (SSSR count). The van der Waals surface area contributed by atoms with Crippen LogP contribution in [0.5, 0.6) is 0 Å². The summed E-state index contributed by atoms with van der Waals surface area (Å²) in [7, 11) is 0. The van der Waals surface area contributed by atoms with Crippen LogP contribution in [0.15, 0.2) is 29.8 Å². The largest absolute Gasteiger partial charge is 0.451 e. The minimum atomic E-state index is -0.511. The van der Waals surface area contributed by atoms with Crippen molar-refractivity contribution in [3.63, 3.8) is 0 Å². The molecule has 0 saturated heterocycles. The van der Waals surface area contributed by atoms with Crippen molar-refractivity contribution in [1.82, 2.24) is 10.3 Å². The fourth-order valence-electron chi connectivity index (χ4n) is 3.46. The van der Waals surface area contributed by atoms with Crippen LogP contribution in [-0.4, -0.2) is 30.0 Å². The number of ether oxygens (including phenoxy) is 1. The predicted octanol–water partition coefficient (Wildman–Crippen LogP) is 3.95. The number of rotatable bonds is 6. The Morgan fingerprint density at radius 2 is 2.04 bits per heavy atom. The van der Waals surface area contributed by atoms with E-state index in [1.165, 1.54) is 18.4 Å². The summed E-state index contributed by atoms with van der Waals surface area (Å²) in [5.74, 6) is -0.777. The molecule has 2 N–H and O–H groups in total. The van der Waals surface area contributed by atoms with Crippen LogP contribution >= 0.6 is 0 Å². The van der Waals surface area contributed by atoms with Crippen molar-refractivity contribution in [3.8, 4) is 0 Å². The average molecular weight is 354 g/mol. The SMILES string of the molecule is Cc1cc(C)c2cc(C(=O)OCC(=O)NCCC3=CCCCC3)[nH]c2c1. The Morgan fingerprint density at radius 3 is 2.81 bits per heavy atom. The lowest BCUT2D eigenvalue weighted by molar-refractivity contribution is -0.124. The minimum Gasteiger partial charge on any atom is -0.451 e. The molecule has 0 fully saturated rings. The van der Waals surface area contributed by atoms with E-state index in [1.807, 2.05) is 19.9 Å². The van der Waals surface area contributed by atoms with Gasteiger partial charge in [-0.3, -0.25) is 4.79 Å². The molecule has 5 heteroatoms. The van der Waals surface area contributed by atoms with E-state index in [4.69, 9.17) is 4.74 Å². The van der Waals surface area contributed by atoms with E-state index in [2.05, 4.69) is 22.4 Å². The van der Waals surface area contributed by atoms with E-state index < -0.39 is 5.97 Å². The molecule has 1 aromatic carbocycles. The molecule has 26 heavy (non-hydrogen) atoms. The zero-order valence-corrected chi connectivity index (χ0v) is 15.5. The molecule has 0 aliphatic heterocycles. The number of fused-ring (bicyclic) bond motifs is 1. The highest BCUT2D eigenvalue weighted by Crippen LogP contribution is 2.22. The number of benzene rings is 1. The molecule has 138 valence electrons. The lowest BCUT2D eigenvalue weighted by Gasteiger charge is -2.12. The van der Waals surface area contributed by atoms with Gasteiger partial charge >= 0.3 is 5.97 Å². The van der Waals surface area contributed by atoms with Crippen LogP contribution in [0.2, 0.25) is 0 Å². The van der Waals surface area contributed by atoms with Crippen molar-refractivity contribution < 1.29 is 14.3 Å². The van der Waals surface area contributed by atoms with Gasteiger partial charge in [0.15, 0.2) is 6.61 Å². The summed E-state index contributed by atoms with van der Waals surface area (Å²) in [6.45, 7) is 4.35. The summed E-state index contributed by atoms with van der Waals surface area (Å²) in [5.41, 5.74) is 4.92. The van der Waals surface area contributed by atoms with Crippen molar-refractivity contribution in [3.05, 3.63) is 46.7 Å². The second-order valence-corrected chi connectivity index (χ2v) is 7.01. The first kappa shape index (κ1) is 18.2. The summed E-state index contributed by atoms with van der Waals surface area (Å²) in [5, 5.41) is 3.81. The first-order chi connectivity index (χ1) is 12.5. The Morgan fingerprint density at radius 1 is 1.19 bits per heavy atom. The molecule has 1 amide bonds. The highest BCUT2D eigenvalue weighted by atomic mass is 16.5. The molecule has 5 nitrogen and oxygen atoms in total. The van der Waals surface area contributed by atoms with Crippen molar-refractivity contribution in [2.45, 2.75) is 46.0 Å². The number of aryl methyl sites for hydroxylation is 2. The third-order valence-corrected chi connectivity index (χ3v) is 4.80. The Bertz CT molecular complexity index is 848. The summed E-state index contributed by atoms with van der Waals surface area (Å²) >= 11 is 0. The Labute approximate surface area is 153 Å². The van der Waals surface area contributed by atoms with Gasteiger partial charge in [-0.15, -0.1) is 0 Å². The van der Waals surface area contributed by atoms with Crippen LogP contribution in [0.25, 0.3) is 10.9 Å². The summed E-state index contributed by atoms with van der Waals surface area (Å²) < 4.78 is 5.14. The van der Waals surface area contributed by atoms with Gasteiger partial charge in [-0.05, 0) is 69.2 Å². The van der Waals surface area contributed by atoms with E-state index in [-0.39, 0.29) is 12.5 Å². The van der Waals surface area contributed by atoms with E-state index >= 15 is 0 Å². The molecular weight excluding hydrogens is 328 g/mol. The number of carbonyl (C=O) groups is 2. The van der Waals surface area contributed by atoms with Gasteiger partial charge in [0.2, 0.25) is 0 Å². The zero-order valence-electron chi connectivity index (χ0n) is 15.5. The van der Waals surface area contributed by atoms with E-state index in [1.54, 1.807) is 6.07 Å². The van der Waals surface area contributed by atoms with Gasteiger partial charge in [0, 0.05) is 17.4 Å². The number of H-pyrrole nitrogens is 1. The highest BCUT2D eigenvalue weighted by Gasteiger charge is 2.14. The molecule has 0 atom stereocenters. The van der Waals surface area contributed by atoms with Crippen LogP contribution in [0, 0.1) is 13.8 Å². The smallest absolute Gasteiger partial charge is 0.355 e. The van der Waals surface area contributed by atoms with E-state index in [0.717, 1.165) is 41.3 Å². The fraction of sp³-hybridized carbons (Fsp3) is 0.429. The number of nitrogens with one attached hydrogen (secondary N) is 2. The lowest BCUT2D eigenvalue weighted by atomic mass is 9.97. The quantitative estimate of drug-likeness (QED) is 0.609. The van der Waals surface area contributed by atoms with Gasteiger partial charge in [-0.1, -0.05) is 17.7 Å². The number of hydrogen-bond donors (Lipinski definition) is 2. The number of amides is 1. The second kappa shape index (κ2) is 8.21. The summed E-state index contributed by atoms with van der Waals surface area (Å²) in [6.07, 6.45) is 7.92. The van der Waals surface area contributed by atoms with Crippen LogP contribution in [0.3, 0.4) is 0 Å². The van der Waals surface area contributed by atoms with E-state index in [9.17, 15) is 9.59 Å². The minimum absolute atomic E-state index is 0.259. The number of aromatic amines is 1. The van der Waals surface area contributed by atoms with Crippen molar-refractivity contribution in [2.75, 3.05) is 13.2 Å². The number of esters is 1. The standard InChI is InChI=1S/C21H26N2O3/c1-14-10-15(2)17-12-19(23-18(17)11-14)21(25)26-13-20(24)22-9-8-16-6-4-3-5-7-16/h6,10-12,23H,3-5,7-9,13H2,1-2H3,(H,22,24). The van der Waals surface area contributed by atoms with E-state index in [0.29, 0.717) is 12.2 Å². The molecule has 0 unspecified atom stereocenters. The summed E-state index contributed by atoms with van der Waals surface area (Å²) in [6, 6.07) is 5.84. The Balaban J connectivity index is 1.48. The maximum atomic E-state index is 12.2.